The Hall–Kier alpha value is -2.57. The molecule has 1 N–H and O–H groups in total. The first-order valence-corrected chi connectivity index (χ1v) is 9.75. The number of hydrogen-bond acceptors (Lipinski definition) is 4. The highest BCUT2D eigenvalue weighted by molar-refractivity contribution is 5.74. The molecule has 0 aliphatic carbocycles. The van der Waals surface area contributed by atoms with E-state index < -0.39 is 0 Å². The molecule has 7 heteroatoms. The molecule has 0 radical (unpaired) electrons. The van der Waals surface area contributed by atoms with Crippen LogP contribution >= 0.6 is 0 Å². The van der Waals surface area contributed by atoms with Crippen molar-refractivity contribution in [3.63, 3.8) is 0 Å². The van der Waals surface area contributed by atoms with Crippen molar-refractivity contribution < 1.29 is 9.53 Å². The zero-order chi connectivity index (χ0) is 19.1. The molecule has 0 spiro atoms. The Bertz CT molecular complexity index is 732. The van der Waals surface area contributed by atoms with Gasteiger partial charge in [0, 0.05) is 32.4 Å². The lowest BCUT2D eigenvalue weighted by Crippen LogP contribution is -2.46. The Labute approximate surface area is 160 Å². The second-order valence-corrected chi connectivity index (χ2v) is 7.17. The molecule has 146 valence electrons. The normalized spacial score (nSPS) is 17.0. The van der Waals surface area contributed by atoms with Crippen molar-refractivity contribution in [2.45, 2.75) is 46.2 Å². The fourth-order valence-electron chi connectivity index (χ4n) is 3.45. The van der Waals surface area contributed by atoms with Crippen LogP contribution in [-0.2, 0) is 13.1 Å². The summed E-state index contributed by atoms with van der Waals surface area (Å²) in [6.07, 6.45) is 6.69. The van der Waals surface area contributed by atoms with E-state index in [2.05, 4.69) is 29.5 Å². The maximum atomic E-state index is 12.6. The summed E-state index contributed by atoms with van der Waals surface area (Å²) in [5, 5.41) is 10.9. The summed E-state index contributed by atoms with van der Waals surface area (Å²) in [6.45, 7) is 7.77. The molecule has 1 fully saturated rings. The molecule has 2 heterocycles. The highest BCUT2D eigenvalue weighted by Gasteiger charge is 2.24. The van der Waals surface area contributed by atoms with Crippen LogP contribution in [0.5, 0.6) is 5.75 Å². The monoisotopic (exact) mass is 371 g/mol. The van der Waals surface area contributed by atoms with Crippen LogP contribution in [0.15, 0.2) is 30.6 Å². The Balaban J connectivity index is 1.49. The molecule has 0 bridgehead atoms. The molecule has 1 aliphatic heterocycles. The van der Waals surface area contributed by atoms with Crippen molar-refractivity contribution in [1.29, 1.82) is 0 Å². The number of nitrogens with one attached hydrogen (secondary N) is 1. The highest BCUT2D eigenvalue weighted by atomic mass is 16.5. The van der Waals surface area contributed by atoms with E-state index >= 15 is 0 Å². The van der Waals surface area contributed by atoms with Crippen molar-refractivity contribution in [2.24, 2.45) is 5.92 Å². The summed E-state index contributed by atoms with van der Waals surface area (Å²) < 4.78 is 7.50. The van der Waals surface area contributed by atoms with E-state index in [4.69, 9.17) is 4.74 Å². The van der Waals surface area contributed by atoms with Crippen LogP contribution in [0.4, 0.5) is 4.79 Å². The average molecular weight is 371 g/mol. The molecular formula is C20H29N5O2. The number of piperidine rings is 1. The molecular weight excluding hydrogens is 342 g/mol. The summed E-state index contributed by atoms with van der Waals surface area (Å²) in [5.41, 5.74) is 2.25. The molecule has 1 aliphatic rings. The summed E-state index contributed by atoms with van der Waals surface area (Å²) in [7, 11) is 0. The number of likely N-dealkylation sites (tertiary alicyclic amines) is 1. The first-order valence-electron chi connectivity index (χ1n) is 9.75. The van der Waals surface area contributed by atoms with Gasteiger partial charge in [-0.25, -0.2) is 4.79 Å². The van der Waals surface area contributed by atoms with Gasteiger partial charge >= 0.3 is 6.03 Å². The standard InChI is InChI=1S/C20H29N5O2/c1-3-11-27-19-7-6-18(16(2)12-19)13-21-20(26)24-9-4-5-17(14-24)15-25-10-8-22-23-25/h6-8,10,12,17H,3-5,9,11,13-15H2,1-2H3,(H,21,26). The number of carbonyl (C=O) groups excluding carboxylic acids is 1. The summed E-state index contributed by atoms with van der Waals surface area (Å²) >= 11 is 0. The first kappa shape index (κ1) is 19.2. The zero-order valence-electron chi connectivity index (χ0n) is 16.2. The highest BCUT2D eigenvalue weighted by Crippen LogP contribution is 2.19. The molecule has 2 amide bonds. The number of ether oxygens (including phenoxy) is 1. The van der Waals surface area contributed by atoms with Gasteiger partial charge in [-0.1, -0.05) is 18.2 Å². The lowest BCUT2D eigenvalue weighted by molar-refractivity contribution is 0.157. The molecule has 2 aromatic rings. The van der Waals surface area contributed by atoms with E-state index in [0.717, 1.165) is 62.4 Å². The van der Waals surface area contributed by atoms with Crippen LogP contribution in [0.3, 0.4) is 0 Å². The van der Waals surface area contributed by atoms with E-state index in [1.807, 2.05) is 34.0 Å². The van der Waals surface area contributed by atoms with E-state index in [-0.39, 0.29) is 6.03 Å². The summed E-state index contributed by atoms with van der Waals surface area (Å²) in [4.78, 5) is 14.5. The fourth-order valence-corrected chi connectivity index (χ4v) is 3.45. The van der Waals surface area contributed by atoms with Crippen LogP contribution < -0.4 is 10.1 Å². The molecule has 0 saturated carbocycles. The Morgan fingerprint density at radius 1 is 1.41 bits per heavy atom. The fraction of sp³-hybridized carbons (Fsp3) is 0.550. The minimum absolute atomic E-state index is 0.00370. The van der Waals surface area contributed by atoms with Gasteiger partial charge in [-0.15, -0.1) is 5.10 Å². The van der Waals surface area contributed by atoms with Crippen molar-refractivity contribution in [1.82, 2.24) is 25.2 Å². The molecule has 1 unspecified atom stereocenters. The van der Waals surface area contributed by atoms with E-state index in [1.165, 1.54) is 0 Å². The zero-order valence-corrected chi connectivity index (χ0v) is 16.2. The molecule has 7 nitrogen and oxygen atoms in total. The van der Waals surface area contributed by atoms with Crippen molar-refractivity contribution >= 4 is 6.03 Å². The molecule has 27 heavy (non-hydrogen) atoms. The van der Waals surface area contributed by atoms with Crippen molar-refractivity contribution in [2.75, 3.05) is 19.7 Å². The average Bonchev–Trinajstić information content (AvgIpc) is 3.18. The number of nitrogens with zero attached hydrogens (tertiary/aromatic N) is 4. The largest absolute Gasteiger partial charge is 0.494 e. The number of amides is 2. The van der Waals surface area contributed by atoms with Crippen LogP contribution in [0, 0.1) is 12.8 Å². The number of urea groups is 1. The third kappa shape index (κ3) is 5.45. The maximum absolute atomic E-state index is 12.6. The minimum atomic E-state index is 0.00370. The molecule has 1 saturated heterocycles. The first-order chi connectivity index (χ1) is 13.2. The molecule has 1 aromatic carbocycles. The predicted octanol–water partition coefficient (Wildman–Crippen LogP) is 3.00. The lowest BCUT2D eigenvalue weighted by Gasteiger charge is -2.32. The SMILES string of the molecule is CCCOc1ccc(CNC(=O)N2CCCC(Cn3ccnn3)C2)c(C)c1. The van der Waals surface area contributed by atoms with Crippen LogP contribution in [0.2, 0.25) is 0 Å². The summed E-state index contributed by atoms with van der Waals surface area (Å²) in [6, 6.07) is 6.04. The maximum Gasteiger partial charge on any atom is 0.317 e. The smallest absolute Gasteiger partial charge is 0.317 e. The van der Waals surface area contributed by atoms with Gasteiger partial charge in [0.25, 0.3) is 0 Å². The van der Waals surface area contributed by atoms with Gasteiger partial charge in [0.1, 0.15) is 5.75 Å². The number of rotatable bonds is 7. The Morgan fingerprint density at radius 2 is 2.30 bits per heavy atom. The molecule has 1 atom stereocenters. The second-order valence-electron chi connectivity index (χ2n) is 7.17. The van der Waals surface area contributed by atoms with Crippen LogP contribution in [0.1, 0.15) is 37.3 Å². The van der Waals surface area contributed by atoms with Gasteiger partial charge in [-0.05, 0) is 55.4 Å². The third-order valence-corrected chi connectivity index (χ3v) is 4.94. The Morgan fingerprint density at radius 3 is 3.04 bits per heavy atom. The van der Waals surface area contributed by atoms with E-state index in [1.54, 1.807) is 6.20 Å². The van der Waals surface area contributed by atoms with Gasteiger partial charge < -0.3 is 15.0 Å². The van der Waals surface area contributed by atoms with E-state index in [9.17, 15) is 4.79 Å². The van der Waals surface area contributed by atoms with Crippen LogP contribution in [-0.4, -0.2) is 45.6 Å². The van der Waals surface area contributed by atoms with E-state index in [0.29, 0.717) is 12.5 Å². The number of aryl methyl sites for hydroxylation is 1. The molecule has 3 rings (SSSR count). The predicted molar refractivity (Wildman–Crippen MR) is 104 cm³/mol. The van der Waals surface area contributed by atoms with Crippen molar-refractivity contribution in [3.8, 4) is 5.75 Å². The van der Waals surface area contributed by atoms with Gasteiger partial charge in [-0.3, -0.25) is 4.68 Å². The Kier molecular flexibility index (Phi) is 6.68. The minimum Gasteiger partial charge on any atom is -0.494 e. The number of carbonyl (C=O) groups is 1. The van der Waals surface area contributed by atoms with Gasteiger partial charge in [0.05, 0.1) is 12.8 Å². The quantitative estimate of drug-likeness (QED) is 0.812. The lowest BCUT2D eigenvalue weighted by atomic mass is 9.98. The van der Waals surface area contributed by atoms with Gasteiger partial charge in [0.15, 0.2) is 0 Å². The number of aromatic nitrogens is 3. The molecule has 1 aromatic heterocycles. The van der Waals surface area contributed by atoms with Gasteiger partial charge in [-0.2, -0.15) is 0 Å². The third-order valence-electron chi connectivity index (χ3n) is 4.94. The van der Waals surface area contributed by atoms with Crippen molar-refractivity contribution in [3.05, 3.63) is 41.7 Å². The topological polar surface area (TPSA) is 72.3 Å². The number of benzene rings is 1. The second kappa shape index (κ2) is 9.39. The van der Waals surface area contributed by atoms with Gasteiger partial charge in [0.2, 0.25) is 0 Å². The summed E-state index contributed by atoms with van der Waals surface area (Å²) in [5.74, 6) is 1.30. The number of hydrogen-bond donors (Lipinski definition) is 1. The van der Waals surface area contributed by atoms with Crippen LogP contribution in [0.25, 0.3) is 0 Å².